The average Bonchev–Trinajstić information content (AvgIpc) is 3.21. The molecule has 3 heterocycles. The Kier molecular flexibility index (Phi) is 7.93. The van der Waals surface area contributed by atoms with Crippen molar-refractivity contribution >= 4 is 39.8 Å². The number of halogens is 4. The molecule has 0 bridgehead atoms. The van der Waals surface area contributed by atoms with Gasteiger partial charge in [0.05, 0.1) is 19.3 Å². The van der Waals surface area contributed by atoms with Gasteiger partial charge in [-0.25, -0.2) is 4.98 Å². The molecule has 2 aromatic heterocycles. The number of hydrogen-bond acceptors (Lipinski definition) is 8. The van der Waals surface area contributed by atoms with Crippen molar-refractivity contribution in [3.05, 3.63) is 58.5 Å². The molecule has 3 N–H and O–H groups in total. The number of carbonyl (C=O) groups is 1. The SMILES string of the molecule is COc1cc(C(=O)NCC(O)(c2cc3c(c(Cl)n2)OCC3(C)N[S+]([O-])C(C)(C)C)C(F)(F)F)cc2cccnc12. The monoisotopic (exact) mass is 600 g/mol. The quantitative estimate of drug-likeness (QED) is 0.273. The number of amides is 1. The zero-order valence-corrected chi connectivity index (χ0v) is 23.8. The van der Waals surface area contributed by atoms with E-state index in [1.165, 1.54) is 25.4 Å². The van der Waals surface area contributed by atoms with Crippen LogP contribution < -0.4 is 19.5 Å². The van der Waals surface area contributed by atoms with Crippen molar-refractivity contribution in [1.82, 2.24) is 20.0 Å². The smallest absolute Gasteiger partial charge is 0.424 e. The number of rotatable bonds is 7. The third kappa shape index (κ3) is 5.53. The highest BCUT2D eigenvalue weighted by molar-refractivity contribution is 7.90. The first-order valence-electron chi connectivity index (χ1n) is 12.0. The van der Waals surface area contributed by atoms with Gasteiger partial charge in [0.1, 0.15) is 28.2 Å². The minimum Gasteiger partial charge on any atom is -0.598 e. The number of carbonyl (C=O) groups excluding carboxylic acids is 1. The maximum Gasteiger partial charge on any atom is 0.424 e. The van der Waals surface area contributed by atoms with E-state index in [4.69, 9.17) is 21.1 Å². The van der Waals surface area contributed by atoms with Gasteiger partial charge in [-0.15, -0.1) is 4.72 Å². The molecule has 14 heteroatoms. The lowest BCUT2D eigenvalue weighted by Gasteiger charge is -2.33. The Balaban J connectivity index is 1.68. The van der Waals surface area contributed by atoms with Crippen molar-refractivity contribution < 1.29 is 37.1 Å². The topological polar surface area (TPSA) is 129 Å². The van der Waals surface area contributed by atoms with Crippen molar-refractivity contribution in [2.24, 2.45) is 0 Å². The van der Waals surface area contributed by atoms with E-state index in [1.54, 1.807) is 39.8 Å². The molecule has 0 saturated heterocycles. The first-order chi connectivity index (χ1) is 18.5. The Bertz CT molecular complexity index is 1450. The Morgan fingerprint density at radius 3 is 2.62 bits per heavy atom. The number of ether oxygens (including phenoxy) is 2. The molecule has 0 spiro atoms. The average molecular weight is 601 g/mol. The molecule has 1 aliphatic heterocycles. The van der Waals surface area contributed by atoms with Crippen LogP contribution in [0.2, 0.25) is 5.15 Å². The van der Waals surface area contributed by atoms with Crippen molar-refractivity contribution in [3.8, 4) is 11.5 Å². The summed E-state index contributed by atoms with van der Waals surface area (Å²) in [5.74, 6) is -0.632. The molecule has 0 saturated carbocycles. The third-order valence-corrected chi connectivity index (χ3v) is 8.46. The van der Waals surface area contributed by atoms with Crippen LogP contribution in [0.4, 0.5) is 13.2 Å². The van der Waals surface area contributed by atoms with Gasteiger partial charge in [-0.05, 0) is 52.0 Å². The Hall–Kier alpha value is -2.84. The highest BCUT2D eigenvalue weighted by atomic mass is 35.5. The summed E-state index contributed by atoms with van der Waals surface area (Å²) in [7, 11) is 1.38. The lowest BCUT2D eigenvalue weighted by atomic mass is 9.91. The van der Waals surface area contributed by atoms with Crippen LogP contribution in [-0.4, -0.2) is 56.7 Å². The van der Waals surface area contributed by atoms with E-state index in [1.807, 2.05) is 0 Å². The van der Waals surface area contributed by atoms with Gasteiger partial charge in [-0.2, -0.15) is 13.2 Å². The lowest BCUT2D eigenvalue weighted by Crippen LogP contribution is -2.52. The first kappa shape index (κ1) is 30.1. The maximum atomic E-state index is 14.4. The fraction of sp³-hybridized carbons (Fsp3) is 0.423. The van der Waals surface area contributed by atoms with Gasteiger partial charge in [-0.1, -0.05) is 17.7 Å². The molecule has 4 rings (SSSR count). The van der Waals surface area contributed by atoms with Crippen LogP contribution in [0.25, 0.3) is 10.9 Å². The number of aliphatic hydroxyl groups is 1. The summed E-state index contributed by atoms with van der Waals surface area (Å²) in [4.78, 5) is 20.9. The molecule has 3 atom stereocenters. The molecule has 9 nitrogen and oxygen atoms in total. The van der Waals surface area contributed by atoms with Crippen molar-refractivity contribution in [2.45, 2.75) is 49.8 Å². The molecular formula is C26H28ClF3N4O5S. The summed E-state index contributed by atoms with van der Waals surface area (Å²) in [5.41, 5.74) is -5.09. The number of methoxy groups -OCH3 is 1. The number of nitrogens with zero attached hydrogens (tertiary/aromatic N) is 2. The number of fused-ring (bicyclic) bond motifs is 2. The second kappa shape index (κ2) is 10.5. The van der Waals surface area contributed by atoms with E-state index in [0.717, 1.165) is 6.07 Å². The number of aromatic nitrogens is 2. The Morgan fingerprint density at radius 2 is 2.00 bits per heavy atom. The van der Waals surface area contributed by atoms with Crippen LogP contribution in [0.15, 0.2) is 36.5 Å². The molecule has 1 aromatic carbocycles. The predicted octanol–water partition coefficient (Wildman–Crippen LogP) is 4.13. The van der Waals surface area contributed by atoms with Crippen LogP contribution in [-0.2, 0) is 22.5 Å². The zero-order valence-electron chi connectivity index (χ0n) is 22.3. The molecule has 1 amide bonds. The standard InChI is InChI=1S/C26H28ClF3N4O5S/c1-23(2,3)40(37)34-24(4)13-39-20-16(24)11-18(33-21(20)27)25(36,26(28,29)30)12-32-22(35)15-9-14-7-6-8-31-19(14)17(10-15)38-5/h6-11,34,36H,12-13H2,1-5H3,(H,32,35). The summed E-state index contributed by atoms with van der Waals surface area (Å²) >= 11 is 4.59. The van der Waals surface area contributed by atoms with Gasteiger partial charge in [0.25, 0.3) is 5.91 Å². The molecule has 0 aliphatic carbocycles. The van der Waals surface area contributed by atoms with Gasteiger partial charge in [0.2, 0.25) is 5.60 Å². The molecule has 3 aromatic rings. The molecule has 0 fully saturated rings. The normalized spacial score (nSPS) is 19.5. The molecule has 0 radical (unpaired) electrons. The number of nitrogens with one attached hydrogen (secondary N) is 2. The number of pyridine rings is 2. The zero-order chi connectivity index (χ0) is 29.7. The van der Waals surface area contributed by atoms with Crippen molar-refractivity contribution in [3.63, 3.8) is 0 Å². The summed E-state index contributed by atoms with van der Waals surface area (Å²) < 4.78 is 69.1. The van der Waals surface area contributed by atoms with Crippen LogP contribution in [0, 0.1) is 0 Å². The van der Waals surface area contributed by atoms with Crippen LogP contribution >= 0.6 is 11.6 Å². The summed E-state index contributed by atoms with van der Waals surface area (Å²) in [5, 5.41) is 13.3. The van der Waals surface area contributed by atoms with E-state index in [9.17, 15) is 27.6 Å². The number of alkyl halides is 3. The highest BCUT2D eigenvalue weighted by Crippen LogP contribution is 2.46. The molecule has 3 unspecified atom stereocenters. The van der Waals surface area contributed by atoms with E-state index < -0.39 is 56.7 Å². The molecule has 216 valence electrons. The number of benzene rings is 1. The highest BCUT2D eigenvalue weighted by Gasteiger charge is 2.57. The third-order valence-electron chi connectivity index (χ3n) is 6.45. The fourth-order valence-electron chi connectivity index (χ4n) is 4.09. The van der Waals surface area contributed by atoms with Crippen LogP contribution in [0.1, 0.15) is 49.3 Å². The van der Waals surface area contributed by atoms with Crippen molar-refractivity contribution in [1.29, 1.82) is 0 Å². The second-order valence-electron chi connectivity index (χ2n) is 10.6. The largest absolute Gasteiger partial charge is 0.598 e. The van der Waals surface area contributed by atoms with E-state index in [-0.39, 0.29) is 29.2 Å². The van der Waals surface area contributed by atoms with Crippen LogP contribution in [0.3, 0.4) is 0 Å². The second-order valence-corrected chi connectivity index (χ2v) is 12.9. The maximum absolute atomic E-state index is 14.4. The van der Waals surface area contributed by atoms with Crippen LogP contribution in [0.5, 0.6) is 11.5 Å². The Morgan fingerprint density at radius 1 is 1.30 bits per heavy atom. The first-order valence-corrected chi connectivity index (χ1v) is 13.6. The van der Waals surface area contributed by atoms with E-state index in [0.29, 0.717) is 10.9 Å². The minimum absolute atomic E-state index is 0.00310. The summed E-state index contributed by atoms with van der Waals surface area (Å²) in [6, 6.07) is 7.10. The van der Waals surface area contributed by atoms with Gasteiger partial charge in [-0.3, -0.25) is 9.78 Å². The van der Waals surface area contributed by atoms with Gasteiger partial charge >= 0.3 is 6.18 Å². The Labute approximate surface area is 236 Å². The van der Waals surface area contributed by atoms with E-state index >= 15 is 0 Å². The lowest BCUT2D eigenvalue weighted by molar-refractivity contribution is -0.265. The summed E-state index contributed by atoms with van der Waals surface area (Å²) in [6.07, 6.45) is -3.73. The van der Waals surface area contributed by atoms with Crippen molar-refractivity contribution in [2.75, 3.05) is 20.3 Å². The molecule has 1 aliphatic rings. The van der Waals surface area contributed by atoms with Gasteiger partial charge < -0.3 is 24.4 Å². The molecule has 40 heavy (non-hydrogen) atoms. The van der Waals surface area contributed by atoms with E-state index in [2.05, 4.69) is 20.0 Å². The summed E-state index contributed by atoms with van der Waals surface area (Å²) in [6.45, 7) is 5.42. The predicted molar refractivity (Wildman–Crippen MR) is 144 cm³/mol. The molecular weight excluding hydrogens is 573 g/mol. The van der Waals surface area contributed by atoms with Gasteiger partial charge in [0.15, 0.2) is 10.9 Å². The number of hydrogen-bond donors (Lipinski definition) is 3. The minimum atomic E-state index is -5.27. The fourth-order valence-corrected chi connectivity index (χ4v) is 5.22. The van der Waals surface area contributed by atoms with Gasteiger partial charge in [0, 0.05) is 34.1 Å².